The molecular weight excluding hydrogens is 186 g/mol. The van der Waals surface area contributed by atoms with Crippen molar-refractivity contribution in [1.29, 1.82) is 0 Å². The number of thiocarbonyl (C=S) groups is 1. The molecule has 0 aliphatic heterocycles. The van der Waals surface area contributed by atoms with Crippen LogP contribution in [0.5, 0.6) is 0 Å². The zero-order chi connectivity index (χ0) is 10.3. The van der Waals surface area contributed by atoms with Gasteiger partial charge in [-0.25, -0.2) is 0 Å². The van der Waals surface area contributed by atoms with Crippen molar-refractivity contribution in [2.24, 2.45) is 5.73 Å². The van der Waals surface area contributed by atoms with Gasteiger partial charge < -0.3 is 11.1 Å². The molecule has 0 radical (unpaired) electrons. The summed E-state index contributed by atoms with van der Waals surface area (Å²) in [6, 6.07) is 0. The Morgan fingerprint density at radius 3 is 2.69 bits per heavy atom. The summed E-state index contributed by atoms with van der Waals surface area (Å²) in [7, 11) is 3.57. The van der Waals surface area contributed by atoms with E-state index in [9.17, 15) is 4.79 Å². The lowest BCUT2D eigenvalue weighted by Crippen LogP contribution is -2.30. The first-order valence-electron chi connectivity index (χ1n) is 4.23. The monoisotopic (exact) mass is 203 g/mol. The van der Waals surface area contributed by atoms with E-state index in [-0.39, 0.29) is 5.91 Å². The lowest BCUT2D eigenvalue weighted by molar-refractivity contribution is -0.120. The number of nitrogens with two attached hydrogens (primary N) is 1. The maximum Gasteiger partial charge on any atom is 0.219 e. The summed E-state index contributed by atoms with van der Waals surface area (Å²) in [6.07, 6.45) is 1.39. The molecule has 0 fully saturated rings. The molecule has 4 nitrogen and oxygen atoms in total. The van der Waals surface area contributed by atoms with Crippen molar-refractivity contribution in [2.75, 3.05) is 27.2 Å². The molecule has 0 rings (SSSR count). The standard InChI is InChI=1S/C8H17N3OS/c1-10-8(12)4-3-5-11(2)6-7(9)13/h3-6H2,1-2H3,(H2,9,13)(H,10,12). The summed E-state index contributed by atoms with van der Waals surface area (Å²) in [5.41, 5.74) is 5.36. The van der Waals surface area contributed by atoms with Crippen LogP contribution in [0.3, 0.4) is 0 Å². The van der Waals surface area contributed by atoms with Gasteiger partial charge in [-0.15, -0.1) is 0 Å². The number of nitrogens with zero attached hydrogens (tertiary/aromatic N) is 1. The second kappa shape index (κ2) is 6.80. The van der Waals surface area contributed by atoms with Crippen molar-refractivity contribution in [3.8, 4) is 0 Å². The number of hydrogen-bond acceptors (Lipinski definition) is 3. The number of amides is 1. The molecule has 0 unspecified atom stereocenters. The average Bonchev–Trinajstić information content (AvgIpc) is 2.02. The average molecular weight is 203 g/mol. The van der Waals surface area contributed by atoms with E-state index in [4.69, 9.17) is 18.0 Å². The Kier molecular flexibility index (Phi) is 6.44. The number of hydrogen-bond donors (Lipinski definition) is 2. The zero-order valence-corrected chi connectivity index (χ0v) is 8.99. The Morgan fingerprint density at radius 1 is 1.62 bits per heavy atom. The van der Waals surface area contributed by atoms with E-state index in [0.717, 1.165) is 13.0 Å². The van der Waals surface area contributed by atoms with Crippen molar-refractivity contribution in [3.63, 3.8) is 0 Å². The molecule has 0 aromatic carbocycles. The molecule has 1 amide bonds. The normalized spacial score (nSPS) is 10.1. The number of carbonyl (C=O) groups excluding carboxylic acids is 1. The summed E-state index contributed by atoms with van der Waals surface area (Å²) >= 11 is 4.75. The molecule has 0 atom stereocenters. The van der Waals surface area contributed by atoms with Gasteiger partial charge in [-0.2, -0.15) is 0 Å². The highest BCUT2D eigenvalue weighted by Gasteiger charge is 2.01. The van der Waals surface area contributed by atoms with E-state index >= 15 is 0 Å². The van der Waals surface area contributed by atoms with E-state index < -0.39 is 0 Å². The van der Waals surface area contributed by atoms with Gasteiger partial charge >= 0.3 is 0 Å². The summed E-state index contributed by atoms with van der Waals surface area (Å²) < 4.78 is 0. The summed E-state index contributed by atoms with van der Waals surface area (Å²) in [4.78, 5) is 13.3. The van der Waals surface area contributed by atoms with Crippen LogP contribution < -0.4 is 11.1 Å². The van der Waals surface area contributed by atoms with Crippen LogP contribution in [-0.4, -0.2) is 43.0 Å². The molecule has 0 aliphatic rings. The number of rotatable bonds is 6. The van der Waals surface area contributed by atoms with Crippen LogP contribution >= 0.6 is 12.2 Å². The summed E-state index contributed by atoms with van der Waals surface area (Å²) in [5.74, 6) is 0.0729. The fraction of sp³-hybridized carbons (Fsp3) is 0.750. The molecule has 0 aromatic heterocycles. The number of likely N-dealkylation sites (N-methyl/N-ethyl adjacent to an activating group) is 1. The molecule has 0 aliphatic carbocycles. The lowest BCUT2D eigenvalue weighted by atomic mass is 10.3. The van der Waals surface area contributed by atoms with Gasteiger partial charge in [0.05, 0.1) is 4.99 Å². The molecular formula is C8H17N3OS. The molecule has 0 saturated carbocycles. The second-order valence-corrected chi connectivity index (χ2v) is 3.51. The molecule has 0 bridgehead atoms. The second-order valence-electron chi connectivity index (χ2n) is 2.98. The van der Waals surface area contributed by atoms with E-state index in [0.29, 0.717) is 18.0 Å². The van der Waals surface area contributed by atoms with Gasteiger partial charge in [0.25, 0.3) is 0 Å². The first kappa shape index (κ1) is 12.3. The fourth-order valence-corrected chi connectivity index (χ4v) is 1.20. The molecule has 3 N–H and O–H groups in total. The lowest BCUT2D eigenvalue weighted by Gasteiger charge is -2.14. The van der Waals surface area contributed by atoms with Gasteiger partial charge in [-0.1, -0.05) is 12.2 Å². The Hall–Kier alpha value is -0.680. The summed E-state index contributed by atoms with van der Waals surface area (Å²) in [6.45, 7) is 1.45. The third-order valence-corrected chi connectivity index (χ3v) is 1.78. The Morgan fingerprint density at radius 2 is 2.23 bits per heavy atom. The Bertz CT molecular complexity index is 184. The quantitative estimate of drug-likeness (QED) is 0.584. The SMILES string of the molecule is CNC(=O)CCCN(C)CC(N)=S. The predicted molar refractivity (Wildman–Crippen MR) is 57.6 cm³/mol. The fourth-order valence-electron chi connectivity index (χ4n) is 0.980. The van der Waals surface area contributed by atoms with Gasteiger partial charge in [0.1, 0.15) is 0 Å². The van der Waals surface area contributed by atoms with Gasteiger partial charge in [-0.05, 0) is 20.0 Å². The third-order valence-electron chi connectivity index (χ3n) is 1.65. The van der Waals surface area contributed by atoms with E-state index in [2.05, 4.69) is 5.32 Å². The molecule has 76 valence electrons. The van der Waals surface area contributed by atoms with Crippen LogP contribution in [0.1, 0.15) is 12.8 Å². The van der Waals surface area contributed by atoms with Crippen molar-refractivity contribution < 1.29 is 4.79 Å². The van der Waals surface area contributed by atoms with Gasteiger partial charge in [0.15, 0.2) is 0 Å². The van der Waals surface area contributed by atoms with Gasteiger partial charge in [0.2, 0.25) is 5.91 Å². The predicted octanol–water partition coefficient (Wildman–Crippen LogP) is -0.269. The molecule has 5 heteroatoms. The first-order valence-corrected chi connectivity index (χ1v) is 4.64. The third kappa shape index (κ3) is 7.67. The first-order chi connectivity index (χ1) is 6.06. The number of nitrogens with one attached hydrogen (secondary N) is 1. The highest BCUT2D eigenvalue weighted by Crippen LogP contribution is 1.92. The van der Waals surface area contributed by atoms with E-state index in [1.807, 2.05) is 11.9 Å². The van der Waals surface area contributed by atoms with Gasteiger partial charge in [0, 0.05) is 20.0 Å². The van der Waals surface area contributed by atoms with Crippen molar-refractivity contribution in [1.82, 2.24) is 10.2 Å². The molecule has 0 aromatic rings. The smallest absolute Gasteiger partial charge is 0.219 e. The van der Waals surface area contributed by atoms with Crippen LogP contribution in [-0.2, 0) is 4.79 Å². The molecule has 0 saturated heterocycles. The van der Waals surface area contributed by atoms with E-state index in [1.165, 1.54) is 0 Å². The maximum absolute atomic E-state index is 10.8. The molecule has 13 heavy (non-hydrogen) atoms. The molecule has 0 spiro atoms. The van der Waals surface area contributed by atoms with E-state index in [1.54, 1.807) is 7.05 Å². The van der Waals surface area contributed by atoms with Crippen LogP contribution in [0.2, 0.25) is 0 Å². The molecule has 0 heterocycles. The van der Waals surface area contributed by atoms with Crippen LogP contribution in [0, 0.1) is 0 Å². The van der Waals surface area contributed by atoms with Crippen LogP contribution in [0.4, 0.5) is 0 Å². The maximum atomic E-state index is 10.8. The van der Waals surface area contributed by atoms with Crippen molar-refractivity contribution in [2.45, 2.75) is 12.8 Å². The van der Waals surface area contributed by atoms with Gasteiger partial charge in [-0.3, -0.25) is 9.69 Å². The van der Waals surface area contributed by atoms with Crippen LogP contribution in [0.25, 0.3) is 0 Å². The topological polar surface area (TPSA) is 58.4 Å². The Balaban J connectivity index is 3.42. The highest BCUT2D eigenvalue weighted by molar-refractivity contribution is 7.80. The van der Waals surface area contributed by atoms with Crippen molar-refractivity contribution in [3.05, 3.63) is 0 Å². The Labute approximate surface area is 84.5 Å². The van der Waals surface area contributed by atoms with Crippen molar-refractivity contribution >= 4 is 23.1 Å². The zero-order valence-electron chi connectivity index (χ0n) is 8.17. The minimum atomic E-state index is 0.0729. The minimum absolute atomic E-state index is 0.0729. The summed E-state index contributed by atoms with van der Waals surface area (Å²) in [5, 5.41) is 2.57. The van der Waals surface area contributed by atoms with Crippen LogP contribution in [0.15, 0.2) is 0 Å². The minimum Gasteiger partial charge on any atom is -0.392 e. The number of carbonyl (C=O) groups is 1. The highest BCUT2D eigenvalue weighted by atomic mass is 32.1. The largest absolute Gasteiger partial charge is 0.392 e.